The van der Waals surface area contributed by atoms with Gasteiger partial charge in [0, 0.05) is 12.6 Å². The van der Waals surface area contributed by atoms with E-state index in [9.17, 15) is 9.59 Å². The molecule has 24 heavy (non-hydrogen) atoms. The van der Waals surface area contributed by atoms with Crippen LogP contribution in [0.15, 0.2) is 27.8 Å². The Kier molecular flexibility index (Phi) is 4.79. The second-order valence-corrected chi connectivity index (χ2v) is 7.25. The summed E-state index contributed by atoms with van der Waals surface area (Å²) < 4.78 is 0. The summed E-state index contributed by atoms with van der Waals surface area (Å²) in [6, 6.07) is 7.56. The van der Waals surface area contributed by atoms with Crippen LogP contribution in [0.2, 0.25) is 0 Å². The summed E-state index contributed by atoms with van der Waals surface area (Å²) >= 11 is 0. The van der Waals surface area contributed by atoms with Crippen LogP contribution in [0, 0.1) is 23.7 Å². The Labute approximate surface area is 142 Å². The fourth-order valence-corrected chi connectivity index (χ4v) is 2.28. The molecule has 2 aromatic carbocycles. The average molecular weight is 325 g/mol. The van der Waals surface area contributed by atoms with Crippen molar-refractivity contribution in [3.05, 3.63) is 55.3 Å². The number of hydrogen-bond acceptors (Lipinski definition) is 5. The van der Waals surface area contributed by atoms with Crippen molar-refractivity contribution in [1.82, 2.24) is 0 Å². The van der Waals surface area contributed by atoms with Gasteiger partial charge in [-0.05, 0) is 42.5 Å². The molecule has 0 aliphatic carbocycles. The van der Waals surface area contributed by atoms with E-state index < -0.39 is 10.9 Å². The largest absolute Gasteiger partial charge is 0.377 e. The Morgan fingerprint density at radius 1 is 1.17 bits per heavy atom. The predicted octanol–water partition coefficient (Wildman–Crippen LogP) is 2.92. The lowest BCUT2D eigenvalue weighted by atomic mass is 9.87. The van der Waals surface area contributed by atoms with E-state index >= 15 is 0 Å². The maximum Gasteiger partial charge on any atom is 0.253 e. The van der Waals surface area contributed by atoms with Crippen molar-refractivity contribution in [2.24, 2.45) is 5.41 Å². The zero-order valence-corrected chi connectivity index (χ0v) is 14.8. The second-order valence-electron chi connectivity index (χ2n) is 7.25. The standard InChI is InChI=1S/C19H23N3O2/c1-11-8-13(9-20)6-7-14(11)10-21-15-16(18(24)17(15)23)22-12(2)19(3,4)5/h6-8,12,21-22H,10H2,1-5H3. The molecule has 2 aromatic rings. The number of aryl methyl sites for hydroxylation is 1. The zero-order valence-electron chi connectivity index (χ0n) is 14.8. The van der Waals surface area contributed by atoms with E-state index in [1.807, 2.05) is 19.9 Å². The van der Waals surface area contributed by atoms with Gasteiger partial charge in [0.25, 0.3) is 10.9 Å². The molecule has 0 saturated heterocycles. The molecule has 0 amide bonds. The predicted molar refractivity (Wildman–Crippen MR) is 97.1 cm³/mol. The maximum atomic E-state index is 11.9. The Hall–Kier alpha value is -2.61. The first kappa shape index (κ1) is 17.7. The molecular formula is C19H23N3O2. The highest BCUT2D eigenvalue weighted by Crippen LogP contribution is 2.25. The van der Waals surface area contributed by atoms with Crippen LogP contribution in [0.5, 0.6) is 0 Å². The Morgan fingerprint density at radius 2 is 1.79 bits per heavy atom. The molecule has 0 aromatic heterocycles. The molecule has 2 rings (SSSR count). The number of nitrogens with one attached hydrogen (secondary N) is 2. The topological polar surface area (TPSA) is 82.0 Å². The quantitative estimate of drug-likeness (QED) is 0.826. The van der Waals surface area contributed by atoms with E-state index in [1.165, 1.54) is 0 Å². The summed E-state index contributed by atoms with van der Waals surface area (Å²) in [4.78, 5) is 23.7. The van der Waals surface area contributed by atoms with Crippen molar-refractivity contribution in [3.63, 3.8) is 0 Å². The molecule has 5 nitrogen and oxygen atoms in total. The van der Waals surface area contributed by atoms with Gasteiger partial charge in [-0.2, -0.15) is 5.26 Å². The summed E-state index contributed by atoms with van der Waals surface area (Å²) in [5, 5.41) is 15.1. The van der Waals surface area contributed by atoms with E-state index in [4.69, 9.17) is 5.26 Å². The van der Waals surface area contributed by atoms with Crippen LogP contribution in [0.25, 0.3) is 0 Å². The van der Waals surface area contributed by atoms with Gasteiger partial charge in [0.2, 0.25) is 0 Å². The van der Waals surface area contributed by atoms with Gasteiger partial charge in [0.1, 0.15) is 11.4 Å². The van der Waals surface area contributed by atoms with Gasteiger partial charge in [-0.25, -0.2) is 0 Å². The molecule has 2 N–H and O–H groups in total. The third-order valence-corrected chi connectivity index (χ3v) is 4.50. The van der Waals surface area contributed by atoms with Crippen molar-refractivity contribution in [2.75, 3.05) is 10.6 Å². The lowest BCUT2D eigenvalue weighted by Gasteiger charge is -2.30. The van der Waals surface area contributed by atoms with Crippen molar-refractivity contribution < 1.29 is 0 Å². The summed E-state index contributed by atoms with van der Waals surface area (Å²) in [6.07, 6.45) is 0. The first-order chi connectivity index (χ1) is 11.1. The second kappa shape index (κ2) is 6.48. The van der Waals surface area contributed by atoms with Gasteiger partial charge in [0.05, 0.1) is 11.6 Å². The number of anilines is 2. The fraction of sp³-hybridized carbons (Fsp3) is 0.421. The van der Waals surface area contributed by atoms with Gasteiger partial charge < -0.3 is 10.6 Å². The minimum Gasteiger partial charge on any atom is -0.377 e. The Balaban J connectivity index is 2.15. The molecule has 0 fully saturated rings. The van der Waals surface area contributed by atoms with Crippen LogP contribution in [0.3, 0.4) is 0 Å². The average Bonchev–Trinajstić information content (AvgIpc) is 2.53. The summed E-state index contributed by atoms with van der Waals surface area (Å²) in [5.74, 6) is 0. The minimum atomic E-state index is -0.482. The third-order valence-electron chi connectivity index (χ3n) is 4.50. The molecule has 0 heterocycles. The highest BCUT2D eigenvalue weighted by Gasteiger charge is 2.26. The number of nitriles is 1. The molecule has 1 atom stereocenters. The van der Waals surface area contributed by atoms with Gasteiger partial charge in [-0.1, -0.05) is 26.8 Å². The van der Waals surface area contributed by atoms with Crippen LogP contribution in [0.1, 0.15) is 44.4 Å². The monoisotopic (exact) mass is 325 g/mol. The lowest BCUT2D eigenvalue weighted by molar-refractivity contribution is 0.359. The highest BCUT2D eigenvalue weighted by molar-refractivity contribution is 5.74. The van der Waals surface area contributed by atoms with Crippen LogP contribution < -0.4 is 21.5 Å². The number of rotatable bonds is 5. The van der Waals surface area contributed by atoms with E-state index in [-0.39, 0.29) is 11.5 Å². The first-order valence-electron chi connectivity index (χ1n) is 7.98. The molecule has 1 unspecified atom stereocenters. The highest BCUT2D eigenvalue weighted by atomic mass is 16.2. The summed E-state index contributed by atoms with van der Waals surface area (Å²) in [5.41, 5.74) is 2.30. The lowest BCUT2D eigenvalue weighted by Crippen LogP contribution is -2.41. The van der Waals surface area contributed by atoms with E-state index in [0.29, 0.717) is 23.5 Å². The first-order valence-corrected chi connectivity index (χ1v) is 7.98. The van der Waals surface area contributed by atoms with Crippen molar-refractivity contribution >= 4 is 11.4 Å². The van der Waals surface area contributed by atoms with Crippen molar-refractivity contribution in [2.45, 2.75) is 47.2 Å². The third kappa shape index (κ3) is 3.48. The molecule has 0 spiro atoms. The Bertz CT molecular complexity index is 862. The van der Waals surface area contributed by atoms with Crippen molar-refractivity contribution in [3.8, 4) is 6.07 Å². The number of nitrogens with zero attached hydrogens (tertiary/aromatic N) is 1. The smallest absolute Gasteiger partial charge is 0.253 e. The normalized spacial score (nSPS) is 12.7. The van der Waals surface area contributed by atoms with Gasteiger partial charge in [-0.15, -0.1) is 0 Å². The molecule has 126 valence electrons. The molecule has 0 aliphatic rings. The van der Waals surface area contributed by atoms with Gasteiger partial charge >= 0.3 is 0 Å². The molecular weight excluding hydrogens is 302 g/mol. The summed E-state index contributed by atoms with van der Waals surface area (Å²) in [7, 11) is 0. The van der Waals surface area contributed by atoms with Crippen LogP contribution in [0.4, 0.5) is 11.4 Å². The molecule has 0 aliphatic heterocycles. The van der Waals surface area contributed by atoms with Crippen LogP contribution in [-0.2, 0) is 6.54 Å². The summed E-state index contributed by atoms with van der Waals surface area (Å²) in [6.45, 7) is 10.6. The number of benzene rings is 1. The Morgan fingerprint density at radius 3 is 2.33 bits per heavy atom. The van der Waals surface area contributed by atoms with E-state index in [2.05, 4.69) is 37.5 Å². The molecule has 0 radical (unpaired) electrons. The number of hydrogen-bond donors (Lipinski definition) is 2. The fourth-order valence-electron chi connectivity index (χ4n) is 2.28. The van der Waals surface area contributed by atoms with Gasteiger partial charge in [-0.3, -0.25) is 9.59 Å². The maximum absolute atomic E-state index is 11.9. The molecule has 5 heteroatoms. The molecule has 0 bridgehead atoms. The zero-order chi connectivity index (χ0) is 18.1. The van der Waals surface area contributed by atoms with Gasteiger partial charge in [0.15, 0.2) is 0 Å². The van der Waals surface area contributed by atoms with E-state index in [1.54, 1.807) is 12.1 Å². The van der Waals surface area contributed by atoms with Crippen molar-refractivity contribution in [1.29, 1.82) is 5.26 Å². The van der Waals surface area contributed by atoms with E-state index in [0.717, 1.165) is 11.1 Å². The minimum absolute atomic E-state index is 0.0270. The SMILES string of the molecule is Cc1cc(C#N)ccc1CNc1c(NC(C)C(C)(C)C)c(=O)c1=O. The van der Waals surface area contributed by atoms with Crippen LogP contribution in [-0.4, -0.2) is 6.04 Å². The molecule has 0 saturated carbocycles. The van der Waals surface area contributed by atoms with Crippen LogP contribution >= 0.6 is 0 Å².